The van der Waals surface area contributed by atoms with Gasteiger partial charge in [-0.05, 0) is 37.0 Å². The zero-order valence-corrected chi connectivity index (χ0v) is 23.0. The first kappa shape index (κ1) is 26.0. The van der Waals surface area contributed by atoms with Gasteiger partial charge in [0, 0.05) is 42.7 Å². The van der Waals surface area contributed by atoms with Crippen molar-refractivity contribution in [2.24, 2.45) is 0 Å². The first-order chi connectivity index (χ1) is 19.5. The molecule has 40 heavy (non-hydrogen) atoms. The zero-order chi connectivity index (χ0) is 27.6. The highest BCUT2D eigenvalue weighted by atomic mass is 16.3. The van der Waals surface area contributed by atoms with Gasteiger partial charge in [-0.25, -0.2) is 14.8 Å². The van der Waals surface area contributed by atoms with E-state index < -0.39 is 0 Å². The number of hydrogen-bond acceptors (Lipinski definition) is 5. The van der Waals surface area contributed by atoms with Gasteiger partial charge in [-0.15, -0.1) is 0 Å². The van der Waals surface area contributed by atoms with E-state index in [1.165, 1.54) is 5.56 Å². The van der Waals surface area contributed by atoms with E-state index in [0.29, 0.717) is 11.4 Å². The van der Waals surface area contributed by atoms with Crippen LogP contribution in [0.25, 0.3) is 22.5 Å². The fourth-order valence-electron chi connectivity index (χ4n) is 5.70. The Hall–Kier alpha value is -4.23. The first-order valence-electron chi connectivity index (χ1n) is 14.1. The van der Waals surface area contributed by atoms with E-state index in [2.05, 4.69) is 53.3 Å². The first-order valence-corrected chi connectivity index (χ1v) is 14.1. The van der Waals surface area contributed by atoms with Crippen molar-refractivity contribution in [3.8, 4) is 28.4 Å². The van der Waals surface area contributed by atoms with Gasteiger partial charge in [0.05, 0.1) is 17.1 Å². The van der Waals surface area contributed by atoms with Crippen LogP contribution in [-0.4, -0.2) is 45.1 Å². The van der Waals surface area contributed by atoms with Crippen LogP contribution in [0, 0.1) is 0 Å². The number of hydrogen-bond donors (Lipinski definition) is 1. The zero-order valence-electron chi connectivity index (χ0n) is 23.0. The molecule has 203 valence electrons. The molecule has 6 rings (SSSR count). The van der Waals surface area contributed by atoms with E-state index in [9.17, 15) is 9.90 Å². The minimum atomic E-state index is -0.142. The predicted octanol–water partition coefficient (Wildman–Crippen LogP) is 6.87. The van der Waals surface area contributed by atoms with Crippen LogP contribution in [0.3, 0.4) is 0 Å². The number of para-hydroxylation sites is 2. The average molecular weight is 533 g/mol. The number of fused-ring (bicyclic) bond motifs is 1. The molecule has 2 amide bonds. The van der Waals surface area contributed by atoms with Crippen molar-refractivity contribution in [1.82, 2.24) is 20.2 Å². The Kier molecular flexibility index (Phi) is 7.22. The third-order valence-corrected chi connectivity index (χ3v) is 8.15. The SMILES string of the molecule is CCC(C)c1nc(-c2ccccc2)c(-c2ccc(CN3CCC(N4C(=O)[N]c5ccccc54)CC3)cc2)nc1O. The lowest BCUT2D eigenvalue weighted by Crippen LogP contribution is -2.46. The Morgan fingerprint density at radius 1 is 0.875 bits per heavy atom. The van der Waals surface area contributed by atoms with Crippen LogP contribution in [0.5, 0.6) is 5.88 Å². The Labute approximate surface area is 235 Å². The maximum Gasteiger partial charge on any atom is 0.348 e. The lowest BCUT2D eigenvalue weighted by Gasteiger charge is -2.36. The standard InChI is InChI=1S/C33H34N5O2/c1-3-22(2)29-32(39)36-31(30(35-29)24-9-5-4-6-10-24)25-15-13-23(14-16-25)21-37-19-17-26(18-20-37)38-28-12-8-7-11-27(28)34-33(38)40/h4-16,22,26H,3,17-21H2,1-2H3,(H,36,39). The maximum absolute atomic E-state index is 12.6. The van der Waals surface area contributed by atoms with E-state index in [1.54, 1.807) is 0 Å². The highest BCUT2D eigenvalue weighted by Gasteiger charge is 2.35. The molecule has 4 aromatic rings. The number of aromatic hydroxyl groups is 1. The van der Waals surface area contributed by atoms with Gasteiger partial charge in [-0.3, -0.25) is 9.80 Å². The summed E-state index contributed by atoms with van der Waals surface area (Å²) < 4.78 is 0. The molecule has 1 unspecified atom stereocenters. The van der Waals surface area contributed by atoms with Gasteiger partial charge in [-0.2, -0.15) is 5.32 Å². The highest BCUT2D eigenvalue weighted by Crippen LogP contribution is 2.37. The molecule has 1 saturated heterocycles. The summed E-state index contributed by atoms with van der Waals surface area (Å²) in [6, 6.07) is 26.3. The minimum absolute atomic E-state index is 0.00267. The van der Waals surface area contributed by atoms with Crippen LogP contribution in [0.2, 0.25) is 0 Å². The van der Waals surface area contributed by atoms with Crippen molar-refractivity contribution in [2.45, 2.75) is 51.6 Å². The van der Waals surface area contributed by atoms with Gasteiger partial charge in [-0.1, -0.05) is 80.6 Å². The number of aromatic nitrogens is 2. The van der Waals surface area contributed by atoms with Crippen molar-refractivity contribution in [3.63, 3.8) is 0 Å². The van der Waals surface area contributed by atoms with E-state index >= 15 is 0 Å². The molecule has 0 spiro atoms. The largest absolute Gasteiger partial charge is 0.492 e. The summed E-state index contributed by atoms with van der Waals surface area (Å²) in [6.45, 7) is 6.84. The lowest BCUT2D eigenvalue weighted by molar-refractivity contribution is 0.199. The molecule has 0 aliphatic carbocycles. The van der Waals surface area contributed by atoms with Gasteiger partial charge >= 0.3 is 6.03 Å². The van der Waals surface area contributed by atoms with Crippen molar-refractivity contribution in [1.29, 1.82) is 0 Å². The number of rotatable bonds is 7. The van der Waals surface area contributed by atoms with E-state index in [-0.39, 0.29) is 23.9 Å². The van der Waals surface area contributed by atoms with Crippen molar-refractivity contribution < 1.29 is 9.90 Å². The molecule has 0 saturated carbocycles. The smallest absolute Gasteiger partial charge is 0.348 e. The molecule has 1 radical (unpaired) electrons. The van der Waals surface area contributed by atoms with Crippen molar-refractivity contribution >= 4 is 17.4 Å². The summed E-state index contributed by atoms with van der Waals surface area (Å²) in [5.41, 5.74) is 6.94. The number of anilines is 1. The maximum atomic E-state index is 12.6. The molecule has 3 heterocycles. The summed E-state index contributed by atoms with van der Waals surface area (Å²) in [6.07, 6.45) is 2.72. The van der Waals surface area contributed by atoms with Crippen LogP contribution >= 0.6 is 0 Å². The van der Waals surface area contributed by atoms with E-state index in [0.717, 1.165) is 67.1 Å². The van der Waals surface area contributed by atoms with Crippen molar-refractivity contribution in [3.05, 3.63) is 90.1 Å². The van der Waals surface area contributed by atoms with Gasteiger partial charge in [0.2, 0.25) is 5.88 Å². The third-order valence-electron chi connectivity index (χ3n) is 8.15. The van der Waals surface area contributed by atoms with Gasteiger partial charge in [0.15, 0.2) is 0 Å². The number of urea groups is 1. The number of carbonyl (C=O) groups excluding carboxylic acids is 1. The van der Waals surface area contributed by atoms with Crippen molar-refractivity contribution in [2.75, 3.05) is 18.0 Å². The number of likely N-dealkylation sites (tertiary alicyclic amines) is 1. The lowest BCUT2D eigenvalue weighted by atomic mass is 9.99. The van der Waals surface area contributed by atoms with Gasteiger partial charge in [0.25, 0.3) is 0 Å². The number of carbonyl (C=O) groups is 1. The fraction of sp³-hybridized carbons (Fsp3) is 0.303. The topological polar surface area (TPSA) is 83.7 Å². The van der Waals surface area contributed by atoms with Crippen LogP contribution in [0.1, 0.15) is 50.3 Å². The number of piperidine rings is 1. The fourth-order valence-corrected chi connectivity index (χ4v) is 5.70. The van der Waals surface area contributed by atoms with E-state index in [1.807, 2.05) is 59.5 Å². The molecular weight excluding hydrogens is 498 g/mol. The normalized spacial score (nSPS) is 16.6. The third kappa shape index (κ3) is 5.05. The molecular formula is C33H34N5O2. The number of benzene rings is 3. The van der Waals surface area contributed by atoms with Crippen LogP contribution in [-0.2, 0) is 6.54 Å². The monoisotopic (exact) mass is 532 g/mol. The Balaban J connectivity index is 1.17. The minimum Gasteiger partial charge on any atom is -0.492 e. The molecule has 1 N–H and O–H groups in total. The van der Waals surface area contributed by atoms with E-state index in [4.69, 9.17) is 4.98 Å². The molecule has 7 heteroatoms. The summed E-state index contributed by atoms with van der Waals surface area (Å²) in [4.78, 5) is 26.5. The summed E-state index contributed by atoms with van der Waals surface area (Å²) >= 11 is 0. The molecule has 1 fully saturated rings. The van der Waals surface area contributed by atoms with Gasteiger partial charge < -0.3 is 5.11 Å². The second-order valence-electron chi connectivity index (χ2n) is 10.8. The summed E-state index contributed by atoms with van der Waals surface area (Å²) in [5.74, 6) is 0.117. The molecule has 7 nitrogen and oxygen atoms in total. The number of amides is 2. The molecule has 2 aliphatic rings. The Morgan fingerprint density at radius 3 is 2.25 bits per heavy atom. The predicted molar refractivity (Wildman–Crippen MR) is 158 cm³/mol. The quantitative estimate of drug-likeness (QED) is 0.281. The highest BCUT2D eigenvalue weighted by molar-refractivity contribution is 6.04. The van der Waals surface area contributed by atoms with Crippen LogP contribution in [0.15, 0.2) is 78.9 Å². The molecule has 3 aromatic carbocycles. The van der Waals surface area contributed by atoms with Crippen LogP contribution < -0.4 is 10.2 Å². The molecule has 2 aliphatic heterocycles. The Morgan fingerprint density at radius 2 is 1.52 bits per heavy atom. The Bertz CT molecular complexity index is 1500. The second-order valence-corrected chi connectivity index (χ2v) is 10.8. The molecule has 1 atom stereocenters. The molecule has 1 aromatic heterocycles. The second kappa shape index (κ2) is 11.1. The van der Waals surface area contributed by atoms with Gasteiger partial charge in [0.1, 0.15) is 11.4 Å². The average Bonchev–Trinajstić information content (AvgIpc) is 3.33. The number of nitrogens with zero attached hydrogens (tertiary/aromatic N) is 5. The summed E-state index contributed by atoms with van der Waals surface area (Å²) in [5, 5.41) is 15.0. The molecule has 0 bridgehead atoms. The summed E-state index contributed by atoms with van der Waals surface area (Å²) in [7, 11) is 0. The van der Waals surface area contributed by atoms with Crippen LogP contribution in [0.4, 0.5) is 16.2 Å².